The Labute approximate surface area is 106 Å². The molecule has 0 aromatic carbocycles. The van der Waals surface area contributed by atoms with Gasteiger partial charge in [0.1, 0.15) is 11.6 Å². The molecule has 7 nitrogen and oxygen atoms in total. The van der Waals surface area contributed by atoms with Crippen LogP contribution in [0, 0.1) is 0 Å². The number of carboxylic acid groups (broad SMARTS) is 1. The fourth-order valence-electron chi connectivity index (χ4n) is 1.17. The van der Waals surface area contributed by atoms with Crippen molar-refractivity contribution in [3.05, 3.63) is 0 Å². The highest BCUT2D eigenvalue weighted by Crippen LogP contribution is 2.06. The molecule has 0 aromatic heterocycles. The number of alkyl carbamates (subject to hydrolysis) is 1. The molecule has 104 valence electrons. The minimum atomic E-state index is -1.10. The number of rotatable bonds is 7. The van der Waals surface area contributed by atoms with Crippen molar-refractivity contribution in [2.75, 3.05) is 6.54 Å². The highest BCUT2D eigenvalue weighted by Gasteiger charge is 2.17. The first-order valence-electron chi connectivity index (χ1n) is 5.65. The van der Waals surface area contributed by atoms with Gasteiger partial charge in [0.25, 0.3) is 0 Å². The van der Waals surface area contributed by atoms with Crippen LogP contribution in [0.3, 0.4) is 0 Å². The van der Waals surface area contributed by atoms with E-state index in [1.807, 2.05) is 0 Å². The zero-order valence-electron chi connectivity index (χ0n) is 10.9. The molecule has 0 spiro atoms. The summed E-state index contributed by atoms with van der Waals surface area (Å²) in [6.45, 7) is 5.54. The van der Waals surface area contributed by atoms with Crippen molar-refractivity contribution < 1.29 is 24.2 Å². The van der Waals surface area contributed by atoms with Gasteiger partial charge in [-0.05, 0) is 33.6 Å². The summed E-state index contributed by atoms with van der Waals surface area (Å²) in [5, 5.41) is 13.4. The number of ether oxygens (including phenoxy) is 1. The monoisotopic (exact) mass is 260 g/mol. The number of aliphatic carboxylic acids is 1. The topological polar surface area (TPSA) is 105 Å². The van der Waals surface area contributed by atoms with Crippen LogP contribution in [0.15, 0.2) is 0 Å². The van der Waals surface area contributed by atoms with E-state index in [2.05, 4.69) is 10.6 Å². The zero-order valence-corrected chi connectivity index (χ0v) is 10.9. The molecule has 3 N–H and O–H groups in total. The maximum absolute atomic E-state index is 11.2. The fraction of sp³-hybridized carbons (Fsp3) is 0.727. The van der Waals surface area contributed by atoms with E-state index in [1.165, 1.54) is 0 Å². The second-order valence-corrected chi connectivity index (χ2v) is 4.75. The lowest BCUT2D eigenvalue weighted by molar-refractivity contribution is -0.140. The Balaban J connectivity index is 3.81. The second kappa shape index (κ2) is 7.52. The maximum Gasteiger partial charge on any atom is 0.407 e. The summed E-state index contributed by atoms with van der Waals surface area (Å²) in [5.41, 5.74) is -0.563. The van der Waals surface area contributed by atoms with Crippen molar-refractivity contribution in [3.8, 4) is 0 Å². The molecule has 2 amide bonds. The molecule has 0 aliphatic rings. The molecule has 0 fully saturated rings. The molecule has 0 rings (SSSR count). The number of hydrogen-bond donors (Lipinski definition) is 3. The van der Waals surface area contributed by atoms with E-state index in [0.717, 1.165) is 0 Å². The van der Waals surface area contributed by atoms with Gasteiger partial charge in [0.05, 0.1) is 0 Å². The third-order valence-corrected chi connectivity index (χ3v) is 1.91. The fourth-order valence-corrected chi connectivity index (χ4v) is 1.17. The van der Waals surface area contributed by atoms with Gasteiger partial charge in [-0.2, -0.15) is 0 Å². The first-order valence-corrected chi connectivity index (χ1v) is 5.65. The molecule has 0 aromatic rings. The van der Waals surface area contributed by atoms with Gasteiger partial charge in [0, 0.05) is 6.54 Å². The predicted octanol–water partition coefficient (Wildman–Crippen LogP) is 0.491. The molecule has 18 heavy (non-hydrogen) atoms. The number of hydrogen-bond acceptors (Lipinski definition) is 4. The first-order chi connectivity index (χ1) is 8.26. The van der Waals surface area contributed by atoms with Crippen LogP contribution in [0.2, 0.25) is 0 Å². The highest BCUT2D eigenvalue weighted by molar-refractivity contribution is 5.76. The van der Waals surface area contributed by atoms with Gasteiger partial charge in [-0.1, -0.05) is 0 Å². The van der Waals surface area contributed by atoms with Gasteiger partial charge in [-0.3, -0.25) is 4.79 Å². The second-order valence-electron chi connectivity index (χ2n) is 4.75. The molecule has 0 bridgehead atoms. The van der Waals surface area contributed by atoms with Gasteiger partial charge < -0.3 is 20.5 Å². The van der Waals surface area contributed by atoms with Crippen LogP contribution < -0.4 is 10.6 Å². The number of nitrogens with one attached hydrogen (secondary N) is 2. The van der Waals surface area contributed by atoms with Crippen LogP contribution in [-0.2, 0) is 14.3 Å². The lowest BCUT2D eigenvalue weighted by Crippen LogP contribution is -2.37. The highest BCUT2D eigenvalue weighted by atomic mass is 16.6. The lowest BCUT2D eigenvalue weighted by Gasteiger charge is -2.19. The molecule has 0 saturated carbocycles. The summed E-state index contributed by atoms with van der Waals surface area (Å²) >= 11 is 0. The first kappa shape index (κ1) is 16.2. The van der Waals surface area contributed by atoms with Crippen LogP contribution in [0.5, 0.6) is 0 Å². The summed E-state index contributed by atoms with van der Waals surface area (Å²) in [5.74, 6) is -1.10. The summed E-state index contributed by atoms with van der Waals surface area (Å²) in [7, 11) is 0. The zero-order chi connectivity index (χ0) is 14.2. The minimum absolute atomic E-state index is 0.240. The summed E-state index contributed by atoms with van der Waals surface area (Å²) < 4.78 is 5.00. The van der Waals surface area contributed by atoms with Crippen LogP contribution in [-0.4, -0.2) is 41.8 Å². The maximum atomic E-state index is 11.2. The summed E-state index contributed by atoms with van der Waals surface area (Å²) in [6, 6.07) is -0.928. The van der Waals surface area contributed by atoms with Crippen molar-refractivity contribution in [1.82, 2.24) is 10.6 Å². The van der Waals surface area contributed by atoms with E-state index in [1.54, 1.807) is 20.8 Å². The van der Waals surface area contributed by atoms with Crippen molar-refractivity contribution in [2.45, 2.75) is 45.3 Å². The van der Waals surface area contributed by atoms with Gasteiger partial charge in [-0.25, -0.2) is 9.59 Å². The Morgan fingerprint density at radius 2 is 2.00 bits per heavy atom. The number of carbonyl (C=O) groups excluding carboxylic acids is 2. The van der Waals surface area contributed by atoms with Gasteiger partial charge in [0.2, 0.25) is 6.41 Å². The van der Waals surface area contributed by atoms with Gasteiger partial charge in [0.15, 0.2) is 0 Å². The number of carboxylic acids is 1. The number of amides is 2. The van der Waals surface area contributed by atoms with E-state index in [4.69, 9.17) is 9.84 Å². The smallest absolute Gasteiger partial charge is 0.407 e. The van der Waals surface area contributed by atoms with E-state index < -0.39 is 23.7 Å². The molecule has 7 heteroatoms. The van der Waals surface area contributed by atoms with E-state index in [-0.39, 0.29) is 6.42 Å². The van der Waals surface area contributed by atoms with E-state index >= 15 is 0 Å². The van der Waals surface area contributed by atoms with Crippen LogP contribution in [0.25, 0.3) is 0 Å². The van der Waals surface area contributed by atoms with Crippen LogP contribution in [0.1, 0.15) is 33.6 Å². The number of carbonyl (C=O) groups is 3. The molecule has 0 aliphatic heterocycles. The molecule has 0 heterocycles. The Morgan fingerprint density at radius 3 is 2.44 bits per heavy atom. The third kappa shape index (κ3) is 8.37. The van der Waals surface area contributed by atoms with Crippen molar-refractivity contribution in [2.24, 2.45) is 0 Å². The SMILES string of the molecule is CC(C)(C)OC(=O)NCCCC(NC=O)C(=O)O. The third-order valence-electron chi connectivity index (χ3n) is 1.91. The lowest BCUT2D eigenvalue weighted by atomic mass is 10.1. The van der Waals surface area contributed by atoms with Crippen molar-refractivity contribution >= 4 is 18.5 Å². The Kier molecular flexibility index (Phi) is 6.77. The summed E-state index contributed by atoms with van der Waals surface area (Å²) in [4.78, 5) is 32.1. The molecule has 1 unspecified atom stereocenters. The standard InChI is InChI=1S/C11H20N2O5/c1-11(2,3)18-10(17)12-6-4-5-8(9(15)16)13-7-14/h7-8H,4-6H2,1-3H3,(H,12,17)(H,13,14)(H,15,16). The Hall–Kier alpha value is -1.79. The quantitative estimate of drug-likeness (QED) is 0.456. The van der Waals surface area contributed by atoms with Crippen LogP contribution in [0.4, 0.5) is 4.79 Å². The molecular weight excluding hydrogens is 240 g/mol. The van der Waals surface area contributed by atoms with Crippen LogP contribution >= 0.6 is 0 Å². The molecular formula is C11H20N2O5. The molecule has 1 atom stereocenters. The average Bonchev–Trinajstić information content (AvgIpc) is 2.19. The van der Waals surface area contributed by atoms with E-state index in [0.29, 0.717) is 19.4 Å². The van der Waals surface area contributed by atoms with Gasteiger partial charge >= 0.3 is 12.1 Å². The Morgan fingerprint density at radius 1 is 1.39 bits per heavy atom. The van der Waals surface area contributed by atoms with Crippen molar-refractivity contribution in [1.29, 1.82) is 0 Å². The molecule has 0 aliphatic carbocycles. The largest absolute Gasteiger partial charge is 0.480 e. The minimum Gasteiger partial charge on any atom is -0.480 e. The summed E-state index contributed by atoms with van der Waals surface area (Å²) in [6.07, 6.45) is 0.471. The van der Waals surface area contributed by atoms with Crippen molar-refractivity contribution in [3.63, 3.8) is 0 Å². The Bertz CT molecular complexity index is 298. The van der Waals surface area contributed by atoms with E-state index in [9.17, 15) is 14.4 Å². The molecule has 0 radical (unpaired) electrons. The van der Waals surface area contributed by atoms with Gasteiger partial charge in [-0.15, -0.1) is 0 Å². The molecule has 0 saturated heterocycles. The predicted molar refractivity (Wildman–Crippen MR) is 64.1 cm³/mol. The average molecular weight is 260 g/mol. The normalized spacial score (nSPS) is 12.4.